The fourth-order valence-corrected chi connectivity index (χ4v) is 1.68. The zero-order chi connectivity index (χ0) is 18.6. The van der Waals surface area contributed by atoms with Gasteiger partial charge in [0.2, 0.25) is 0 Å². The normalized spacial score (nSPS) is 10.9. The second-order valence-electron chi connectivity index (χ2n) is 4.45. The molecule has 0 fully saturated rings. The van der Waals surface area contributed by atoms with Gasteiger partial charge >= 0.3 is 12.5 Å². The number of amides is 1. The van der Waals surface area contributed by atoms with Crippen LogP contribution in [0.4, 0.5) is 33.7 Å². The molecular formula is C14H8F4N2O5. The fourth-order valence-electron chi connectivity index (χ4n) is 1.68. The summed E-state index contributed by atoms with van der Waals surface area (Å²) in [6, 6.07) is 6.41. The van der Waals surface area contributed by atoms with Gasteiger partial charge in [-0.1, -0.05) is 0 Å². The fraction of sp³-hybridized carbons (Fsp3) is 0.0714. The number of ether oxygens (including phenoxy) is 2. The SMILES string of the molecule is O=C(Nc1cc(OC(F)(F)F)ccc1F)Oc1ccc([N+](=O)[O-])cc1. The van der Waals surface area contributed by atoms with E-state index in [9.17, 15) is 32.5 Å². The molecule has 2 aromatic rings. The van der Waals surface area contributed by atoms with Crippen LogP contribution in [-0.2, 0) is 0 Å². The summed E-state index contributed by atoms with van der Waals surface area (Å²) in [6.07, 6.45) is -6.19. The number of carbonyl (C=O) groups is 1. The number of non-ortho nitro benzene ring substituents is 1. The minimum atomic E-state index is -4.98. The smallest absolute Gasteiger partial charge is 0.410 e. The maximum Gasteiger partial charge on any atom is 0.573 e. The monoisotopic (exact) mass is 360 g/mol. The van der Waals surface area contributed by atoms with Crippen LogP contribution in [-0.4, -0.2) is 17.4 Å². The van der Waals surface area contributed by atoms with Crippen LogP contribution in [0.3, 0.4) is 0 Å². The van der Waals surface area contributed by atoms with E-state index in [0.29, 0.717) is 12.1 Å². The topological polar surface area (TPSA) is 90.7 Å². The standard InChI is InChI=1S/C14H8F4N2O5/c15-11-6-5-10(25-14(16,17)18)7-12(11)19-13(21)24-9-3-1-8(2-4-9)20(22)23/h1-7H,(H,19,21). The van der Waals surface area contributed by atoms with Gasteiger partial charge in [0.05, 0.1) is 10.6 Å². The summed E-state index contributed by atoms with van der Waals surface area (Å²) in [7, 11) is 0. The molecule has 25 heavy (non-hydrogen) atoms. The summed E-state index contributed by atoms with van der Waals surface area (Å²) >= 11 is 0. The zero-order valence-corrected chi connectivity index (χ0v) is 12.0. The highest BCUT2D eigenvalue weighted by Crippen LogP contribution is 2.27. The molecule has 0 bridgehead atoms. The second kappa shape index (κ2) is 7.03. The lowest BCUT2D eigenvalue weighted by atomic mass is 10.3. The van der Waals surface area contributed by atoms with Gasteiger partial charge < -0.3 is 9.47 Å². The zero-order valence-electron chi connectivity index (χ0n) is 12.0. The van der Waals surface area contributed by atoms with Crippen molar-refractivity contribution in [3.63, 3.8) is 0 Å². The lowest BCUT2D eigenvalue weighted by molar-refractivity contribution is -0.384. The number of hydrogen-bond acceptors (Lipinski definition) is 5. The molecule has 1 N–H and O–H groups in total. The third kappa shape index (κ3) is 5.34. The van der Waals surface area contributed by atoms with Crippen molar-refractivity contribution in [2.45, 2.75) is 6.36 Å². The molecule has 0 radical (unpaired) electrons. The Hall–Kier alpha value is -3.37. The van der Waals surface area contributed by atoms with Gasteiger partial charge in [-0.3, -0.25) is 15.4 Å². The number of hydrogen-bond donors (Lipinski definition) is 1. The Balaban J connectivity index is 2.06. The van der Waals surface area contributed by atoms with Crippen LogP contribution in [0.25, 0.3) is 0 Å². The maximum absolute atomic E-state index is 13.6. The molecule has 0 saturated heterocycles. The van der Waals surface area contributed by atoms with E-state index in [2.05, 4.69) is 4.74 Å². The molecule has 0 saturated carbocycles. The first-order valence-electron chi connectivity index (χ1n) is 6.42. The van der Waals surface area contributed by atoms with Crippen molar-refractivity contribution >= 4 is 17.5 Å². The first-order chi connectivity index (χ1) is 11.6. The van der Waals surface area contributed by atoms with Crippen molar-refractivity contribution in [1.82, 2.24) is 0 Å². The first kappa shape index (κ1) is 18.0. The number of nitrogens with one attached hydrogen (secondary N) is 1. The third-order valence-corrected chi connectivity index (χ3v) is 2.67. The molecule has 0 aliphatic heterocycles. The number of anilines is 1. The van der Waals surface area contributed by atoms with Crippen LogP contribution in [0.2, 0.25) is 0 Å². The molecular weight excluding hydrogens is 352 g/mol. The van der Waals surface area contributed by atoms with Gasteiger partial charge in [0, 0.05) is 18.2 Å². The van der Waals surface area contributed by atoms with E-state index in [4.69, 9.17) is 4.74 Å². The Morgan fingerprint density at radius 3 is 2.24 bits per heavy atom. The van der Waals surface area contributed by atoms with Crippen LogP contribution in [0.1, 0.15) is 0 Å². The number of alkyl halides is 3. The highest BCUT2D eigenvalue weighted by atomic mass is 19.4. The summed E-state index contributed by atoms with van der Waals surface area (Å²) in [5, 5.41) is 12.4. The minimum absolute atomic E-state index is 0.0915. The highest BCUT2D eigenvalue weighted by Gasteiger charge is 2.31. The number of benzene rings is 2. The molecule has 0 atom stereocenters. The number of nitrogens with zero attached hydrogens (tertiary/aromatic N) is 1. The van der Waals surface area contributed by atoms with E-state index in [-0.39, 0.29) is 11.4 Å². The van der Waals surface area contributed by atoms with Gasteiger partial charge in [-0.15, -0.1) is 13.2 Å². The molecule has 7 nitrogen and oxygen atoms in total. The van der Waals surface area contributed by atoms with Crippen LogP contribution in [0.5, 0.6) is 11.5 Å². The predicted molar refractivity (Wildman–Crippen MR) is 75.8 cm³/mol. The third-order valence-electron chi connectivity index (χ3n) is 2.67. The molecule has 2 aromatic carbocycles. The van der Waals surface area contributed by atoms with Gasteiger partial charge in [0.1, 0.15) is 17.3 Å². The van der Waals surface area contributed by atoms with Crippen molar-refractivity contribution in [3.8, 4) is 11.5 Å². The van der Waals surface area contributed by atoms with Crippen molar-refractivity contribution in [3.05, 3.63) is 58.4 Å². The Labute approximate surface area is 136 Å². The quantitative estimate of drug-likeness (QED) is 0.500. The van der Waals surface area contributed by atoms with E-state index in [1.54, 1.807) is 0 Å². The molecule has 0 aromatic heterocycles. The molecule has 2 rings (SSSR count). The average molecular weight is 360 g/mol. The number of halogens is 4. The van der Waals surface area contributed by atoms with E-state index in [1.165, 1.54) is 0 Å². The molecule has 0 spiro atoms. The van der Waals surface area contributed by atoms with Gasteiger partial charge in [-0.2, -0.15) is 0 Å². The van der Waals surface area contributed by atoms with Crippen molar-refractivity contribution in [1.29, 1.82) is 0 Å². The van der Waals surface area contributed by atoms with E-state index in [1.807, 2.05) is 5.32 Å². The largest absolute Gasteiger partial charge is 0.573 e. The lowest BCUT2D eigenvalue weighted by Gasteiger charge is -2.11. The van der Waals surface area contributed by atoms with Crippen LogP contribution in [0, 0.1) is 15.9 Å². The highest BCUT2D eigenvalue weighted by molar-refractivity contribution is 5.86. The molecule has 11 heteroatoms. The number of nitro groups is 1. The average Bonchev–Trinajstić information content (AvgIpc) is 2.49. The molecule has 1 amide bonds. The Bertz CT molecular complexity index is 793. The molecule has 0 unspecified atom stereocenters. The molecule has 0 heterocycles. The summed E-state index contributed by atoms with van der Waals surface area (Å²) in [5.74, 6) is -1.85. The van der Waals surface area contributed by atoms with Crippen LogP contribution >= 0.6 is 0 Å². The number of carbonyl (C=O) groups excluding carboxylic acids is 1. The van der Waals surface area contributed by atoms with Gasteiger partial charge in [0.15, 0.2) is 0 Å². The Morgan fingerprint density at radius 1 is 1.08 bits per heavy atom. The molecule has 132 valence electrons. The first-order valence-corrected chi connectivity index (χ1v) is 6.42. The van der Waals surface area contributed by atoms with Gasteiger partial charge in [0.25, 0.3) is 5.69 Å². The Kier molecular flexibility index (Phi) is 5.05. The van der Waals surface area contributed by atoms with Gasteiger partial charge in [-0.25, -0.2) is 9.18 Å². The summed E-state index contributed by atoms with van der Waals surface area (Å²) < 4.78 is 58.3. The molecule has 0 aliphatic rings. The van der Waals surface area contributed by atoms with Crippen LogP contribution < -0.4 is 14.8 Å². The maximum atomic E-state index is 13.6. The Morgan fingerprint density at radius 2 is 1.68 bits per heavy atom. The lowest BCUT2D eigenvalue weighted by Crippen LogP contribution is -2.19. The van der Waals surface area contributed by atoms with E-state index in [0.717, 1.165) is 30.3 Å². The van der Waals surface area contributed by atoms with Crippen LogP contribution in [0.15, 0.2) is 42.5 Å². The summed E-state index contributed by atoms with van der Waals surface area (Å²) in [5.41, 5.74) is -0.843. The van der Waals surface area contributed by atoms with E-state index < -0.39 is 34.6 Å². The van der Waals surface area contributed by atoms with Crippen molar-refractivity contribution in [2.75, 3.05) is 5.32 Å². The summed E-state index contributed by atoms with van der Waals surface area (Å²) in [4.78, 5) is 21.5. The van der Waals surface area contributed by atoms with Crippen molar-refractivity contribution < 1.29 is 36.8 Å². The second-order valence-corrected chi connectivity index (χ2v) is 4.45. The minimum Gasteiger partial charge on any atom is -0.410 e. The van der Waals surface area contributed by atoms with Crippen molar-refractivity contribution in [2.24, 2.45) is 0 Å². The summed E-state index contributed by atoms with van der Waals surface area (Å²) in [6.45, 7) is 0. The van der Waals surface area contributed by atoms with Gasteiger partial charge in [-0.05, 0) is 24.3 Å². The van der Waals surface area contributed by atoms with E-state index >= 15 is 0 Å². The number of rotatable bonds is 4. The predicted octanol–water partition coefficient (Wildman–Crippen LogP) is 4.24. The molecule has 0 aliphatic carbocycles. The number of nitro benzene ring substituents is 1.